The third-order valence-corrected chi connectivity index (χ3v) is 3.61. The predicted molar refractivity (Wildman–Crippen MR) is 101 cm³/mol. The van der Waals surface area contributed by atoms with E-state index >= 15 is 0 Å². The van der Waals surface area contributed by atoms with Crippen LogP contribution < -0.4 is 20.5 Å². The van der Waals surface area contributed by atoms with E-state index in [0.717, 1.165) is 0 Å². The maximum absolute atomic E-state index is 11.7. The highest BCUT2D eigenvalue weighted by atomic mass is 16.6. The summed E-state index contributed by atoms with van der Waals surface area (Å²) in [5, 5.41) is 15.3. The van der Waals surface area contributed by atoms with Crippen LogP contribution in [0.15, 0.2) is 22.0 Å². The molecule has 0 aliphatic heterocycles. The second-order valence-electron chi connectivity index (χ2n) is 5.99. The molecule has 2 N–H and O–H groups in total. The van der Waals surface area contributed by atoms with Crippen molar-refractivity contribution in [3.05, 3.63) is 49.4 Å². The van der Waals surface area contributed by atoms with Crippen molar-refractivity contribution in [3.63, 3.8) is 0 Å². The van der Waals surface area contributed by atoms with Crippen LogP contribution >= 0.6 is 0 Å². The van der Waals surface area contributed by atoms with Crippen molar-refractivity contribution in [1.82, 2.24) is 9.97 Å². The number of nitro benzene ring substituents is 1. The van der Waals surface area contributed by atoms with Gasteiger partial charge in [-0.2, -0.15) is 5.10 Å². The Morgan fingerprint density at radius 3 is 2.63 bits per heavy atom. The van der Waals surface area contributed by atoms with E-state index in [2.05, 4.69) is 20.5 Å². The molecule has 0 unspecified atom stereocenters. The molecule has 0 aliphatic carbocycles. The lowest BCUT2D eigenvalue weighted by Gasteiger charge is -2.14. The van der Waals surface area contributed by atoms with Gasteiger partial charge in [0.05, 0.1) is 24.4 Å². The van der Waals surface area contributed by atoms with E-state index in [0.29, 0.717) is 16.8 Å². The molecule has 0 aliphatic rings. The SMILES string of the molecule is COc1cc(/C=N\Nc2nc(C)c(C)c(=O)[nH]2)cc([N+](=O)[O-])c1OC(C)C. The summed E-state index contributed by atoms with van der Waals surface area (Å²) in [6, 6.07) is 2.88. The van der Waals surface area contributed by atoms with Crippen LogP contribution in [0.25, 0.3) is 0 Å². The predicted octanol–water partition coefficient (Wildman–Crippen LogP) is 2.54. The molecule has 2 aromatic rings. The highest BCUT2D eigenvalue weighted by Gasteiger charge is 2.22. The Hall–Kier alpha value is -3.43. The van der Waals surface area contributed by atoms with Gasteiger partial charge in [0.2, 0.25) is 11.7 Å². The van der Waals surface area contributed by atoms with E-state index in [1.54, 1.807) is 33.8 Å². The first kappa shape index (κ1) is 19.9. The van der Waals surface area contributed by atoms with E-state index in [-0.39, 0.29) is 34.8 Å². The van der Waals surface area contributed by atoms with E-state index in [1.807, 2.05) is 0 Å². The van der Waals surface area contributed by atoms with Crippen LogP contribution in [-0.2, 0) is 0 Å². The minimum atomic E-state index is -0.548. The van der Waals surface area contributed by atoms with Crippen molar-refractivity contribution in [2.45, 2.75) is 33.8 Å². The number of benzene rings is 1. The summed E-state index contributed by atoms with van der Waals surface area (Å²) in [6.07, 6.45) is 1.09. The summed E-state index contributed by atoms with van der Waals surface area (Å²) >= 11 is 0. The number of ether oxygens (including phenoxy) is 2. The molecule has 27 heavy (non-hydrogen) atoms. The number of rotatable bonds is 7. The maximum atomic E-state index is 11.7. The van der Waals surface area contributed by atoms with Crippen LogP contribution in [-0.4, -0.2) is 34.3 Å². The van der Waals surface area contributed by atoms with Gasteiger partial charge in [-0.1, -0.05) is 0 Å². The molecule has 0 saturated heterocycles. The number of methoxy groups -OCH3 is 1. The molecule has 0 fully saturated rings. The Bertz CT molecular complexity index is 936. The lowest BCUT2D eigenvalue weighted by atomic mass is 10.2. The molecule has 1 heterocycles. The zero-order valence-corrected chi connectivity index (χ0v) is 15.7. The van der Waals surface area contributed by atoms with Crippen molar-refractivity contribution in [1.29, 1.82) is 0 Å². The number of H-pyrrole nitrogens is 1. The summed E-state index contributed by atoms with van der Waals surface area (Å²) in [5.41, 5.74) is 3.59. The Labute approximate surface area is 155 Å². The van der Waals surface area contributed by atoms with Crippen molar-refractivity contribution in [3.8, 4) is 11.5 Å². The Morgan fingerprint density at radius 1 is 1.37 bits per heavy atom. The molecule has 0 saturated carbocycles. The van der Waals surface area contributed by atoms with Crippen molar-refractivity contribution < 1.29 is 14.4 Å². The molecular weight excluding hydrogens is 354 g/mol. The van der Waals surface area contributed by atoms with Crippen molar-refractivity contribution in [2.24, 2.45) is 5.10 Å². The van der Waals surface area contributed by atoms with Crippen LogP contribution in [0.1, 0.15) is 30.7 Å². The molecule has 0 spiro atoms. The summed E-state index contributed by atoms with van der Waals surface area (Å²) < 4.78 is 10.7. The van der Waals surface area contributed by atoms with Gasteiger partial charge in [-0.05, 0) is 33.8 Å². The van der Waals surface area contributed by atoms with E-state index in [9.17, 15) is 14.9 Å². The Morgan fingerprint density at radius 2 is 2.07 bits per heavy atom. The molecule has 0 amide bonds. The molecule has 144 valence electrons. The van der Waals surface area contributed by atoms with Crippen LogP contribution in [0.4, 0.5) is 11.6 Å². The van der Waals surface area contributed by atoms with Gasteiger partial charge in [0, 0.05) is 22.9 Å². The fraction of sp³-hybridized carbons (Fsp3) is 0.353. The zero-order chi connectivity index (χ0) is 20.1. The van der Waals surface area contributed by atoms with E-state index in [1.165, 1.54) is 19.4 Å². The third-order valence-electron chi connectivity index (χ3n) is 3.61. The van der Waals surface area contributed by atoms with Crippen molar-refractivity contribution in [2.75, 3.05) is 12.5 Å². The Balaban J connectivity index is 2.33. The van der Waals surface area contributed by atoms with Crippen LogP contribution in [0.2, 0.25) is 0 Å². The minimum absolute atomic E-state index is 0.0581. The molecular formula is C17H21N5O5. The fourth-order valence-corrected chi connectivity index (χ4v) is 2.19. The quantitative estimate of drug-likeness (QED) is 0.432. The van der Waals surface area contributed by atoms with Gasteiger partial charge < -0.3 is 9.47 Å². The number of aromatic amines is 1. The summed E-state index contributed by atoms with van der Waals surface area (Å²) in [7, 11) is 1.40. The molecule has 10 heteroatoms. The summed E-state index contributed by atoms with van der Waals surface area (Å²) in [5.74, 6) is 0.445. The van der Waals surface area contributed by atoms with Gasteiger partial charge in [0.25, 0.3) is 5.56 Å². The zero-order valence-electron chi connectivity index (χ0n) is 15.7. The largest absolute Gasteiger partial charge is 0.493 e. The van der Waals surface area contributed by atoms with Crippen LogP contribution in [0.3, 0.4) is 0 Å². The van der Waals surface area contributed by atoms with E-state index in [4.69, 9.17) is 9.47 Å². The first-order valence-corrected chi connectivity index (χ1v) is 8.12. The number of nitrogens with one attached hydrogen (secondary N) is 2. The van der Waals surface area contributed by atoms with Gasteiger partial charge in [0.1, 0.15) is 0 Å². The second-order valence-corrected chi connectivity index (χ2v) is 5.99. The number of hydrogen-bond acceptors (Lipinski definition) is 8. The first-order chi connectivity index (χ1) is 12.7. The molecule has 0 bridgehead atoms. The lowest BCUT2D eigenvalue weighted by Crippen LogP contribution is -2.15. The second kappa shape index (κ2) is 8.30. The fourth-order valence-electron chi connectivity index (χ4n) is 2.19. The monoisotopic (exact) mass is 375 g/mol. The van der Waals surface area contributed by atoms with E-state index < -0.39 is 4.92 Å². The number of hydrazone groups is 1. The minimum Gasteiger partial charge on any atom is -0.493 e. The summed E-state index contributed by atoms with van der Waals surface area (Å²) in [6.45, 7) is 6.90. The topological polar surface area (TPSA) is 132 Å². The lowest BCUT2D eigenvalue weighted by molar-refractivity contribution is -0.386. The number of aromatic nitrogens is 2. The maximum Gasteiger partial charge on any atom is 0.315 e. The van der Waals surface area contributed by atoms with Crippen LogP contribution in [0.5, 0.6) is 11.5 Å². The van der Waals surface area contributed by atoms with Gasteiger partial charge in [0.15, 0.2) is 5.75 Å². The standard InChI is InChI=1S/C17H21N5O5/c1-9(2)27-15-13(22(24)25)6-12(7-14(15)26-5)8-18-21-17-19-11(4)10(3)16(23)20-17/h6-9H,1-5H3,(H2,19,20,21,23)/b18-8-. The van der Waals surface area contributed by atoms with Gasteiger partial charge >= 0.3 is 5.69 Å². The molecule has 1 aromatic carbocycles. The average molecular weight is 375 g/mol. The molecule has 10 nitrogen and oxygen atoms in total. The van der Waals surface area contributed by atoms with Crippen LogP contribution in [0, 0.1) is 24.0 Å². The highest BCUT2D eigenvalue weighted by molar-refractivity contribution is 5.83. The Kier molecular flexibility index (Phi) is 6.11. The number of hydrogen-bond donors (Lipinski definition) is 2. The normalized spacial score (nSPS) is 11.0. The third kappa shape index (κ3) is 4.81. The first-order valence-electron chi connectivity index (χ1n) is 8.12. The number of nitrogens with zero attached hydrogens (tertiary/aromatic N) is 3. The average Bonchev–Trinajstić information content (AvgIpc) is 2.59. The highest BCUT2D eigenvalue weighted by Crippen LogP contribution is 2.38. The summed E-state index contributed by atoms with van der Waals surface area (Å²) in [4.78, 5) is 29.3. The number of nitro groups is 1. The van der Waals surface area contributed by atoms with Gasteiger partial charge in [-0.25, -0.2) is 10.4 Å². The number of anilines is 1. The van der Waals surface area contributed by atoms with Gasteiger partial charge in [-0.15, -0.1) is 0 Å². The molecule has 1 aromatic heterocycles. The molecule has 0 atom stereocenters. The number of aryl methyl sites for hydroxylation is 1. The molecule has 2 rings (SSSR count). The van der Waals surface area contributed by atoms with Gasteiger partial charge in [-0.3, -0.25) is 19.9 Å². The van der Waals surface area contributed by atoms with Crippen molar-refractivity contribution >= 4 is 17.9 Å². The smallest absolute Gasteiger partial charge is 0.315 e. The molecule has 0 radical (unpaired) electrons.